The Kier molecular flexibility index (Phi) is 7.09. The average molecular weight is 456 g/mol. The summed E-state index contributed by atoms with van der Waals surface area (Å²) >= 11 is 1.43. The van der Waals surface area contributed by atoms with Gasteiger partial charge in [-0.3, -0.25) is 9.59 Å². The molecule has 32 heavy (non-hydrogen) atoms. The zero-order valence-corrected chi connectivity index (χ0v) is 18.8. The van der Waals surface area contributed by atoms with Crippen LogP contribution < -0.4 is 0 Å². The van der Waals surface area contributed by atoms with Crippen LogP contribution in [-0.2, 0) is 20.9 Å². The van der Waals surface area contributed by atoms with Gasteiger partial charge in [0.05, 0.1) is 23.8 Å². The third-order valence-corrected chi connectivity index (χ3v) is 6.72. The van der Waals surface area contributed by atoms with E-state index in [2.05, 4.69) is 9.55 Å². The molecule has 0 unspecified atom stereocenters. The Bertz CT molecular complexity index is 1090. The van der Waals surface area contributed by atoms with Crippen molar-refractivity contribution in [3.8, 4) is 0 Å². The van der Waals surface area contributed by atoms with Gasteiger partial charge in [0.2, 0.25) is 5.91 Å². The number of hydrogen-bond acceptors (Lipinski definition) is 5. The molecule has 1 saturated heterocycles. The maximum Gasteiger partial charge on any atom is 0.309 e. The van der Waals surface area contributed by atoms with Crippen molar-refractivity contribution in [2.24, 2.45) is 5.92 Å². The van der Waals surface area contributed by atoms with Crippen LogP contribution in [0.4, 0.5) is 4.39 Å². The van der Waals surface area contributed by atoms with Crippen LogP contribution in [-0.4, -0.2) is 51.8 Å². The Labute approximate surface area is 190 Å². The molecule has 0 aliphatic carbocycles. The number of aromatic nitrogens is 2. The summed E-state index contributed by atoms with van der Waals surface area (Å²) in [7, 11) is 0. The smallest absolute Gasteiger partial charge is 0.309 e. The van der Waals surface area contributed by atoms with Crippen LogP contribution >= 0.6 is 11.8 Å². The highest BCUT2D eigenvalue weighted by Crippen LogP contribution is 2.28. The van der Waals surface area contributed by atoms with Gasteiger partial charge in [0.15, 0.2) is 0 Å². The van der Waals surface area contributed by atoms with Crippen molar-refractivity contribution >= 4 is 34.5 Å². The van der Waals surface area contributed by atoms with Crippen molar-refractivity contribution in [3.05, 3.63) is 60.2 Å². The lowest BCUT2D eigenvalue weighted by atomic mass is 9.97. The van der Waals surface area contributed by atoms with E-state index in [4.69, 9.17) is 4.74 Å². The number of esters is 1. The zero-order valence-electron chi connectivity index (χ0n) is 18.0. The van der Waals surface area contributed by atoms with Crippen LogP contribution in [0.15, 0.2) is 53.8 Å². The van der Waals surface area contributed by atoms with Crippen LogP contribution in [0.1, 0.15) is 25.3 Å². The Hall–Kier alpha value is -2.87. The molecule has 1 aliphatic rings. The fourth-order valence-corrected chi connectivity index (χ4v) is 4.89. The number of amides is 1. The molecule has 1 amide bonds. The number of carbonyl (C=O) groups excluding carboxylic acids is 2. The molecule has 0 N–H and O–H groups in total. The molecule has 6 nitrogen and oxygen atoms in total. The number of halogens is 1. The molecule has 168 valence electrons. The first-order valence-electron chi connectivity index (χ1n) is 10.8. The van der Waals surface area contributed by atoms with Crippen LogP contribution in [0.5, 0.6) is 0 Å². The summed E-state index contributed by atoms with van der Waals surface area (Å²) in [5.41, 5.74) is 2.03. The fourth-order valence-electron chi connectivity index (χ4n) is 3.98. The van der Waals surface area contributed by atoms with Crippen molar-refractivity contribution in [3.63, 3.8) is 0 Å². The maximum atomic E-state index is 13.2. The highest BCUT2D eigenvalue weighted by atomic mass is 32.2. The minimum atomic E-state index is -0.246. The standard InChI is InChI=1S/C24H26FN3O3S/c1-2-31-24(30)18-8-12-27(13-9-18)22(29)16-32-23-20-10-14-28(21(20)7-11-26-23)15-17-3-5-19(25)6-4-17/h3-7,10-11,14,18H,2,8-9,12-13,15-16H2,1H3. The number of pyridine rings is 1. The SMILES string of the molecule is CCOC(=O)C1CCN(C(=O)CSc2nccc3c2ccn3Cc2ccc(F)cc2)CC1. The van der Waals surface area contributed by atoms with Gasteiger partial charge in [0.1, 0.15) is 10.8 Å². The lowest BCUT2D eigenvalue weighted by molar-refractivity contribution is -0.151. The minimum absolute atomic E-state index is 0.0573. The second kappa shape index (κ2) is 10.2. The number of ether oxygens (including phenoxy) is 1. The predicted octanol–water partition coefficient (Wildman–Crippen LogP) is 4.12. The Morgan fingerprint density at radius 3 is 2.62 bits per heavy atom. The number of carbonyl (C=O) groups is 2. The number of likely N-dealkylation sites (tertiary alicyclic amines) is 1. The summed E-state index contributed by atoms with van der Waals surface area (Å²) in [6, 6.07) is 10.4. The molecule has 3 heterocycles. The highest BCUT2D eigenvalue weighted by Gasteiger charge is 2.28. The first kappa shape index (κ1) is 22.3. The number of rotatable bonds is 7. The monoisotopic (exact) mass is 455 g/mol. The third kappa shape index (κ3) is 5.12. The fraction of sp³-hybridized carbons (Fsp3) is 0.375. The molecule has 0 spiro atoms. The lowest BCUT2D eigenvalue weighted by Gasteiger charge is -2.30. The summed E-state index contributed by atoms with van der Waals surface area (Å²) in [5, 5.41) is 1.81. The van der Waals surface area contributed by atoms with Gasteiger partial charge in [-0.05, 0) is 49.6 Å². The van der Waals surface area contributed by atoms with Gasteiger partial charge in [-0.15, -0.1) is 0 Å². The van der Waals surface area contributed by atoms with Crippen molar-refractivity contribution in [2.75, 3.05) is 25.4 Å². The van der Waals surface area contributed by atoms with E-state index in [0.717, 1.165) is 21.5 Å². The molecule has 0 radical (unpaired) electrons. The maximum absolute atomic E-state index is 13.2. The molecule has 0 bridgehead atoms. The minimum Gasteiger partial charge on any atom is -0.466 e. The topological polar surface area (TPSA) is 64.4 Å². The normalized spacial score (nSPS) is 14.6. The van der Waals surface area contributed by atoms with Crippen molar-refractivity contribution in [2.45, 2.75) is 31.3 Å². The van der Waals surface area contributed by atoms with E-state index in [-0.39, 0.29) is 23.6 Å². The van der Waals surface area contributed by atoms with Crippen LogP contribution in [0.3, 0.4) is 0 Å². The average Bonchev–Trinajstić information content (AvgIpc) is 3.22. The quantitative estimate of drug-likeness (QED) is 0.396. The predicted molar refractivity (Wildman–Crippen MR) is 122 cm³/mol. The first-order valence-corrected chi connectivity index (χ1v) is 11.8. The van der Waals surface area contributed by atoms with Gasteiger partial charge < -0.3 is 14.2 Å². The summed E-state index contributed by atoms with van der Waals surface area (Å²) in [5.74, 6) is -0.150. The molecule has 2 aromatic heterocycles. The first-order chi connectivity index (χ1) is 15.5. The van der Waals surface area contributed by atoms with Crippen molar-refractivity contribution in [1.29, 1.82) is 0 Å². The highest BCUT2D eigenvalue weighted by molar-refractivity contribution is 8.00. The van der Waals surface area contributed by atoms with E-state index in [1.807, 2.05) is 23.2 Å². The van der Waals surface area contributed by atoms with Gasteiger partial charge >= 0.3 is 5.97 Å². The molecule has 1 aliphatic heterocycles. The number of piperidine rings is 1. The number of benzene rings is 1. The van der Waals surface area contributed by atoms with Crippen molar-refractivity contribution < 1.29 is 18.7 Å². The van der Waals surface area contributed by atoms with Crippen LogP contribution in [0.2, 0.25) is 0 Å². The van der Waals surface area contributed by atoms with Gasteiger partial charge in [0.25, 0.3) is 0 Å². The van der Waals surface area contributed by atoms with Crippen LogP contribution in [0.25, 0.3) is 10.9 Å². The van der Waals surface area contributed by atoms with E-state index < -0.39 is 0 Å². The number of thioether (sulfide) groups is 1. The molecule has 0 atom stereocenters. The molecule has 8 heteroatoms. The van der Waals surface area contributed by atoms with Gasteiger partial charge in [-0.2, -0.15) is 0 Å². The summed E-state index contributed by atoms with van der Waals surface area (Å²) in [6.07, 6.45) is 5.04. The van der Waals surface area contributed by atoms with Gasteiger partial charge in [-0.1, -0.05) is 23.9 Å². The Morgan fingerprint density at radius 2 is 1.91 bits per heavy atom. The molecular formula is C24H26FN3O3S. The van der Waals surface area contributed by atoms with Crippen LogP contribution in [0, 0.1) is 11.7 Å². The summed E-state index contributed by atoms with van der Waals surface area (Å²) < 4.78 is 20.4. The molecule has 0 saturated carbocycles. The number of nitrogens with zero attached hydrogens (tertiary/aromatic N) is 3. The molecule has 3 aromatic rings. The lowest BCUT2D eigenvalue weighted by Crippen LogP contribution is -2.41. The third-order valence-electron chi connectivity index (χ3n) is 5.73. The van der Waals surface area contributed by atoms with E-state index >= 15 is 0 Å². The summed E-state index contributed by atoms with van der Waals surface area (Å²) in [6.45, 7) is 3.98. The molecule has 1 aromatic carbocycles. The summed E-state index contributed by atoms with van der Waals surface area (Å²) in [4.78, 5) is 30.9. The zero-order chi connectivity index (χ0) is 22.5. The Balaban J connectivity index is 1.36. The van der Waals surface area contributed by atoms with Gasteiger partial charge in [0, 0.05) is 37.4 Å². The van der Waals surface area contributed by atoms with E-state index in [0.29, 0.717) is 44.8 Å². The van der Waals surface area contributed by atoms with E-state index in [9.17, 15) is 14.0 Å². The number of fused-ring (bicyclic) bond motifs is 1. The second-order valence-electron chi connectivity index (χ2n) is 7.81. The molecule has 1 fully saturated rings. The van der Waals surface area contributed by atoms with E-state index in [1.165, 1.54) is 23.9 Å². The molecular weight excluding hydrogens is 429 g/mol. The number of hydrogen-bond donors (Lipinski definition) is 0. The van der Waals surface area contributed by atoms with E-state index in [1.54, 1.807) is 25.3 Å². The second-order valence-corrected chi connectivity index (χ2v) is 8.78. The Morgan fingerprint density at radius 1 is 1.16 bits per heavy atom. The molecule has 4 rings (SSSR count). The largest absolute Gasteiger partial charge is 0.466 e. The van der Waals surface area contributed by atoms with Crippen molar-refractivity contribution in [1.82, 2.24) is 14.5 Å². The van der Waals surface area contributed by atoms with Gasteiger partial charge in [-0.25, -0.2) is 9.37 Å².